The molecule has 74 valence electrons. The van der Waals surface area contributed by atoms with Gasteiger partial charge in [0.15, 0.2) is 0 Å². The average molecular weight is 211 g/mol. The highest BCUT2D eigenvalue weighted by Crippen LogP contribution is 2.48. The summed E-state index contributed by atoms with van der Waals surface area (Å²) in [5.41, 5.74) is 1.13. The molecule has 1 aliphatic rings. The lowest BCUT2D eigenvalue weighted by Gasteiger charge is -1.99. The summed E-state index contributed by atoms with van der Waals surface area (Å²) in [5, 5.41) is 0.720. The van der Waals surface area contributed by atoms with Crippen LogP contribution in [0.25, 0.3) is 0 Å². The summed E-state index contributed by atoms with van der Waals surface area (Å²) in [7, 11) is 1.43. The Morgan fingerprint density at radius 1 is 1.57 bits per heavy atom. The van der Waals surface area contributed by atoms with E-state index in [1.165, 1.54) is 7.11 Å². The number of ether oxygens (including phenoxy) is 1. The Balaban J connectivity index is 2.09. The predicted molar refractivity (Wildman–Crippen MR) is 54.3 cm³/mol. The molecule has 0 radical (unpaired) electrons. The van der Waals surface area contributed by atoms with E-state index in [1.807, 2.05) is 24.3 Å². The number of carbonyl (C=O) groups is 1. The normalized spacial score (nSPS) is 24.4. The number of hydrogen-bond donors (Lipinski definition) is 0. The lowest BCUT2D eigenvalue weighted by atomic mass is 10.1. The van der Waals surface area contributed by atoms with E-state index in [4.69, 9.17) is 11.6 Å². The summed E-state index contributed by atoms with van der Waals surface area (Å²) in [4.78, 5) is 11.2. The molecule has 14 heavy (non-hydrogen) atoms. The van der Waals surface area contributed by atoms with Crippen molar-refractivity contribution in [1.29, 1.82) is 0 Å². The van der Waals surface area contributed by atoms with Gasteiger partial charge in [-0.1, -0.05) is 23.7 Å². The van der Waals surface area contributed by atoms with E-state index in [9.17, 15) is 4.79 Å². The molecule has 1 fully saturated rings. The number of benzene rings is 1. The molecule has 1 aliphatic carbocycles. The first-order valence-electron chi connectivity index (χ1n) is 4.55. The van der Waals surface area contributed by atoms with Crippen LogP contribution in [0.5, 0.6) is 0 Å². The van der Waals surface area contributed by atoms with E-state index in [-0.39, 0.29) is 11.9 Å². The minimum atomic E-state index is -0.116. The summed E-state index contributed by atoms with van der Waals surface area (Å²) in [6, 6.07) is 7.65. The van der Waals surface area contributed by atoms with Gasteiger partial charge in [-0.05, 0) is 30.0 Å². The van der Waals surface area contributed by atoms with Crippen LogP contribution >= 0.6 is 11.6 Å². The standard InChI is InChI=1S/C11H11ClO2/c1-14-11(13)10-6-9(10)7-3-2-4-8(12)5-7/h2-5,9-10H,6H2,1H3/t9-,10+/m1/s1. The first-order chi connectivity index (χ1) is 6.72. The number of rotatable bonds is 2. The van der Waals surface area contributed by atoms with Crippen LogP contribution < -0.4 is 0 Å². The molecule has 2 atom stereocenters. The van der Waals surface area contributed by atoms with Crippen molar-refractivity contribution in [1.82, 2.24) is 0 Å². The van der Waals surface area contributed by atoms with Crippen LogP contribution in [0.3, 0.4) is 0 Å². The van der Waals surface area contributed by atoms with Crippen LogP contribution in [-0.4, -0.2) is 13.1 Å². The topological polar surface area (TPSA) is 26.3 Å². The maximum Gasteiger partial charge on any atom is 0.309 e. The molecule has 0 amide bonds. The van der Waals surface area contributed by atoms with Gasteiger partial charge in [0.2, 0.25) is 0 Å². The number of esters is 1. The molecule has 2 nitrogen and oxygen atoms in total. The molecule has 0 unspecified atom stereocenters. The number of carbonyl (C=O) groups excluding carboxylic acids is 1. The monoisotopic (exact) mass is 210 g/mol. The van der Waals surface area contributed by atoms with Crippen molar-refractivity contribution in [3.05, 3.63) is 34.9 Å². The van der Waals surface area contributed by atoms with Crippen LogP contribution in [0.15, 0.2) is 24.3 Å². The molecular weight excluding hydrogens is 200 g/mol. The first kappa shape index (κ1) is 9.53. The number of halogens is 1. The van der Waals surface area contributed by atoms with Gasteiger partial charge in [0.1, 0.15) is 0 Å². The van der Waals surface area contributed by atoms with Gasteiger partial charge < -0.3 is 4.74 Å². The molecule has 0 aromatic heterocycles. The molecule has 3 heteroatoms. The maximum absolute atomic E-state index is 11.2. The zero-order valence-corrected chi connectivity index (χ0v) is 8.62. The summed E-state index contributed by atoms with van der Waals surface area (Å²) in [6.07, 6.45) is 0.882. The molecule has 1 aromatic rings. The molecule has 1 saturated carbocycles. The van der Waals surface area contributed by atoms with Crippen LogP contribution in [0.4, 0.5) is 0 Å². The minimum absolute atomic E-state index is 0.0402. The molecule has 1 aromatic carbocycles. The third-order valence-electron chi connectivity index (χ3n) is 2.57. The molecule has 0 spiro atoms. The molecule has 0 bridgehead atoms. The van der Waals surface area contributed by atoms with Crippen molar-refractivity contribution < 1.29 is 9.53 Å². The summed E-state index contributed by atoms with van der Waals surface area (Å²) in [6.45, 7) is 0. The van der Waals surface area contributed by atoms with Crippen molar-refractivity contribution in [2.75, 3.05) is 7.11 Å². The SMILES string of the molecule is COC(=O)[C@H]1C[C@@H]1c1cccc(Cl)c1. The van der Waals surface area contributed by atoms with E-state index in [0.29, 0.717) is 5.92 Å². The lowest BCUT2D eigenvalue weighted by molar-refractivity contribution is -0.142. The second kappa shape index (κ2) is 3.62. The maximum atomic E-state index is 11.2. The van der Waals surface area contributed by atoms with Gasteiger partial charge in [0.25, 0.3) is 0 Å². The van der Waals surface area contributed by atoms with E-state index in [0.717, 1.165) is 17.0 Å². The smallest absolute Gasteiger partial charge is 0.309 e. The number of hydrogen-bond acceptors (Lipinski definition) is 2. The second-order valence-electron chi connectivity index (χ2n) is 3.53. The van der Waals surface area contributed by atoms with Crippen molar-refractivity contribution >= 4 is 17.6 Å². The predicted octanol–water partition coefficient (Wildman–Crippen LogP) is 2.62. The quantitative estimate of drug-likeness (QED) is 0.702. The molecule has 0 aliphatic heterocycles. The summed E-state index contributed by atoms with van der Waals surface area (Å²) in [5.74, 6) is 0.231. The van der Waals surface area contributed by atoms with Crippen molar-refractivity contribution in [2.24, 2.45) is 5.92 Å². The van der Waals surface area contributed by atoms with Crippen molar-refractivity contribution in [3.8, 4) is 0 Å². The Hall–Kier alpha value is -1.02. The molecule has 0 N–H and O–H groups in total. The molecule has 2 rings (SSSR count). The van der Waals surface area contributed by atoms with Crippen LogP contribution in [0, 0.1) is 5.92 Å². The highest BCUT2D eigenvalue weighted by molar-refractivity contribution is 6.30. The van der Waals surface area contributed by atoms with Crippen LogP contribution in [-0.2, 0) is 9.53 Å². The summed E-state index contributed by atoms with van der Waals surface area (Å²) < 4.78 is 4.68. The first-order valence-corrected chi connectivity index (χ1v) is 4.93. The van der Waals surface area contributed by atoms with E-state index in [1.54, 1.807) is 0 Å². The van der Waals surface area contributed by atoms with Gasteiger partial charge >= 0.3 is 5.97 Å². The van der Waals surface area contributed by atoms with Gasteiger partial charge in [-0.25, -0.2) is 0 Å². The van der Waals surface area contributed by atoms with Gasteiger partial charge in [0, 0.05) is 5.02 Å². The van der Waals surface area contributed by atoms with Gasteiger partial charge in [-0.3, -0.25) is 4.79 Å². The zero-order chi connectivity index (χ0) is 10.1. The van der Waals surface area contributed by atoms with Crippen LogP contribution in [0.1, 0.15) is 17.9 Å². The van der Waals surface area contributed by atoms with Gasteiger partial charge in [0.05, 0.1) is 13.0 Å². The second-order valence-corrected chi connectivity index (χ2v) is 3.96. The van der Waals surface area contributed by atoms with Crippen molar-refractivity contribution in [2.45, 2.75) is 12.3 Å². The fourth-order valence-electron chi connectivity index (χ4n) is 1.71. The van der Waals surface area contributed by atoms with Gasteiger partial charge in [-0.15, -0.1) is 0 Å². The fourth-order valence-corrected chi connectivity index (χ4v) is 1.91. The third-order valence-corrected chi connectivity index (χ3v) is 2.81. The van der Waals surface area contributed by atoms with E-state index >= 15 is 0 Å². The Morgan fingerprint density at radius 3 is 3.00 bits per heavy atom. The molecule has 0 saturated heterocycles. The van der Waals surface area contributed by atoms with E-state index < -0.39 is 0 Å². The Morgan fingerprint density at radius 2 is 2.36 bits per heavy atom. The minimum Gasteiger partial charge on any atom is -0.469 e. The zero-order valence-electron chi connectivity index (χ0n) is 7.87. The molecule has 0 heterocycles. The Labute approximate surface area is 87.8 Å². The third kappa shape index (κ3) is 1.75. The van der Waals surface area contributed by atoms with Crippen molar-refractivity contribution in [3.63, 3.8) is 0 Å². The Kier molecular flexibility index (Phi) is 2.46. The molecular formula is C11H11ClO2. The fraction of sp³-hybridized carbons (Fsp3) is 0.364. The van der Waals surface area contributed by atoms with Crippen LogP contribution in [0.2, 0.25) is 5.02 Å². The largest absolute Gasteiger partial charge is 0.469 e. The Bertz CT molecular complexity index is 362. The van der Waals surface area contributed by atoms with Gasteiger partial charge in [-0.2, -0.15) is 0 Å². The highest BCUT2D eigenvalue weighted by atomic mass is 35.5. The van der Waals surface area contributed by atoms with E-state index in [2.05, 4.69) is 4.74 Å². The summed E-state index contributed by atoms with van der Waals surface area (Å²) >= 11 is 5.86. The lowest BCUT2D eigenvalue weighted by Crippen LogP contribution is -2.03. The average Bonchev–Trinajstić information content (AvgIpc) is 2.96. The number of methoxy groups -OCH3 is 1. The highest BCUT2D eigenvalue weighted by Gasteiger charge is 2.44.